The van der Waals surface area contributed by atoms with Crippen LogP contribution in [0, 0.1) is 0 Å². The highest BCUT2D eigenvalue weighted by molar-refractivity contribution is 7.98. The van der Waals surface area contributed by atoms with Crippen molar-refractivity contribution >= 4 is 22.5 Å². The van der Waals surface area contributed by atoms with Crippen LogP contribution in [0.5, 0.6) is 0 Å². The maximum absolute atomic E-state index is 3.88. The molecule has 0 aliphatic carbocycles. The molecule has 0 radical (unpaired) electrons. The van der Waals surface area contributed by atoms with Gasteiger partial charge in [-0.2, -0.15) is 22.0 Å². The van der Waals surface area contributed by atoms with E-state index in [1.54, 1.807) is 6.20 Å². The minimum Gasteiger partial charge on any atom is -0.165 e. The lowest BCUT2D eigenvalue weighted by Crippen LogP contribution is -1.88. The summed E-state index contributed by atoms with van der Waals surface area (Å²) in [5.74, 6) is 1.17. The Morgan fingerprint density at radius 2 is 1.93 bits per heavy atom. The molecule has 2 rings (SSSR count). The fourth-order valence-corrected chi connectivity index (χ4v) is 1.86. The molecule has 2 aromatic rings. The molecule has 3 heteroatoms. The highest BCUT2D eigenvalue weighted by Crippen LogP contribution is 2.14. The normalized spacial score (nSPS) is 10.6. The molecule has 0 bridgehead atoms. The van der Waals surface area contributed by atoms with Crippen LogP contribution in [-0.4, -0.2) is 22.2 Å². The topological polar surface area (TPSA) is 25.8 Å². The van der Waals surface area contributed by atoms with Gasteiger partial charge in [-0.15, -0.1) is 0 Å². The summed E-state index contributed by atoms with van der Waals surface area (Å²) in [6.07, 6.45) is 6.87. The number of hydrogen-bond donors (Lipinski definition) is 0. The Kier molecular flexibility index (Phi) is 2.99. The van der Waals surface area contributed by atoms with E-state index in [9.17, 15) is 0 Å². The zero-order valence-electron chi connectivity index (χ0n) is 8.10. The van der Waals surface area contributed by atoms with E-state index < -0.39 is 0 Å². The number of rotatable bonds is 3. The molecule has 0 aliphatic rings. The van der Waals surface area contributed by atoms with Gasteiger partial charge in [-0.25, -0.2) is 0 Å². The molecule has 14 heavy (non-hydrogen) atoms. The van der Waals surface area contributed by atoms with Crippen molar-refractivity contribution in [2.45, 2.75) is 6.42 Å². The quantitative estimate of drug-likeness (QED) is 0.768. The number of hydrogen-bond acceptors (Lipinski definition) is 3. The van der Waals surface area contributed by atoms with Crippen molar-refractivity contribution in [2.24, 2.45) is 0 Å². The van der Waals surface area contributed by atoms with Crippen LogP contribution in [0.2, 0.25) is 0 Å². The van der Waals surface area contributed by atoms with Gasteiger partial charge in [-0.3, -0.25) is 0 Å². The molecule has 0 atom stereocenters. The second-order valence-corrected chi connectivity index (χ2v) is 4.18. The molecular weight excluding hydrogens is 192 g/mol. The first-order chi connectivity index (χ1) is 6.90. The van der Waals surface area contributed by atoms with E-state index in [0.29, 0.717) is 0 Å². The Bertz CT molecular complexity index is 428. The maximum Gasteiger partial charge on any atom is 0.0574 e. The summed E-state index contributed by atoms with van der Waals surface area (Å²) >= 11 is 1.87. The average molecular weight is 204 g/mol. The predicted molar refractivity (Wildman–Crippen MR) is 61.6 cm³/mol. The van der Waals surface area contributed by atoms with E-state index in [1.807, 2.05) is 18.0 Å². The van der Waals surface area contributed by atoms with Crippen molar-refractivity contribution in [1.82, 2.24) is 10.2 Å². The van der Waals surface area contributed by atoms with Crippen LogP contribution < -0.4 is 0 Å². The first kappa shape index (κ1) is 9.46. The number of aromatic nitrogens is 2. The molecule has 2 nitrogen and oxygen atoms in total. The maximum atomic E-state index is 3.88. The number of thioether (sulfide) groups is 1. The predicted octanol–water partition coefficient (Wildman–Crippen LogP) is 2.54. The third kappa shape index (κ3) is 2.04. The molecule has 0 N–H and O–H groups in total. The highest BCUT2D eigenvalue weighted by Gasteiger charge is 1.96. The van der Waals surface area contributed by atoms with Crippen molar-refractivity contribution < 1.29 is 0 Å². The van der Waals surface area contributed by atoms with Gasteiger partial charge in [-0.05, 0) is 30.1 Å². The molecule has 0 fully saturated rings. The third-order valence-corrected chi connectivity index (χ3v) is 2.82. The summed E-state index contributed by atoms with van der Waals surface area (Å²) in [5.41, 5.74) is 1.37. The molecule has 0 aliphatic heterocycles. The van der Waals surface area contributed by atoms with E-state index in [1.165, 1.54) is 16.7 Å². The summed E-state index contributed by atoms with van der Waals surface area (Å²) in [5, 5.41) is 10.1. The second kappa shape index (κ2) is 4.42. The fourth-order valence-electron chi connectivity index (χ4n) is 1.42. The summed E-state index contributed by atoms with van der Waals surface area (Å²) in [4.78, 5) is 0. The Morgan fingerprint density at radius 3 is 2.71 bits per heavy atom. The summed E-state index contributed by atoms with van der Waals surface area (Å²) in [6.45, 7) is 0. The fraction of sp³-hybridized carbons (Fsp3) is 0.273. The van der Waals surface area contributed by atoms with Gasteiger partial charge in [0.1, 0.15) is 0 Å². The lowest BCUT2D eigenvalue weighted by atomic mass is 10.1. The zero-order valence-corrected chi connectivity index (χ0v) is 8.92. The smallest absolute Gasteiger partial charge is 0.0574 e. The highest BCUT2D eigenvalue weighted by atomic mass is 32.2. The van der Waals surface area contributed by atoms with Gasteiger partial charge in [0.25, 0.3) is 0 Å². The lowest BCUT2D eigenvalue weighted by molar-refractivity contribution is 1.05. The van der Waals surface area contributed by atoms with Gasteiger partial charge in [0.2, 0.25) is 0 Å². The van der Waals surface area contributed by atoms with Crippen molar-refractivity contribution in [1.29, 1.82) is 0 Å². The van der Waals surface area contributed by atoms with Crippen LogP contribution in [-0.2, 0) is 6.42 Å². The van der Waals surface area contributed by atoms with Gasteiger partial charge < -0.3 is 0 Å². The van der Waals surface area contributed by atoms with Gasteiger partial charge >= 0.3 is 0 Å². The SMILES string of the molecule is CSCCc1ccc2cnncc2c1. The minimum atomic E-state index is 1.12. The third-order valence-electron chi connectivity index (χ3n) is 2.21. The molecule has 0 saturated heterocycles. The molecule has 0 saturated carbocycles. The minimum absolute atomic E-state index is 1.12. The number of benzene rings is 1. The Labute approximate surface area is 87.7 Å². The average Bonchev–Trinajstić information content (AvgIpc) is 2.26. The van der Waals surface area contributed by atoms with Crippen molar-refractivity contribution in [3.8, 4) is 0 Å². The Morgan fingerprint density at radius 1 is 1.14 bits per heavy atom. The Balaban J connectivity index is 2.32. The van der Waals surface area contributed by atoms with Crippen LogP contribution in [0.15, 0.2) is 30.6 Å². The van der Waals surface area contributed by atoms with Gasteiger partial charge in [0, 0.05) is 10.8 Å². The van der Waals surface area contributed by atoms with Crippen LogP contribution >= 0.6 is 11.8 Å². The summed E-state index contributed by atoms with van der Waals surface area (Å²) in [6, 6.07) is 6.47. The van der Waals surface area contributed by atoms with Crippen LogP contribution in [0.25, 0.3) is 10.8 Å². The van der Waals surface area contributed by atoms with Gasteiger partial charge in [0.15, 0.2) is 0 Å². The molecule has 1 aromatic heterocycles. The van der Waals surface area contributed by atoms with Gasteiger partial charge in [0.05, 0.1) is 12.4 Å². The summed E-state index contributed by atoms with van der Waals surface area (Å²) < 4.78 is 0. The van der Waals surface area contributed by atoms with E-state index >= 15 is 0 Å². The first-order valence-corrected chi connectivity index (χ1v) is 5.98. The van der Waals surface area contributed by atoms with Crippen molar-refractivity contribution in [3.63, 3.8) is 0 Å². The molecule has 1 aromatic carbocycles. The van der Waals surface area contributed by atoms with E-state index in [2.05, 4.69) is 34.7 Å². The largest absolute Gasteiger partial charge is 0.165 e. The van der Waals surface area contributed by atoms with Crippen LogP contribution in [0.3, 0.4) is 0 Å². The standard InChI is InChI=1S/C11H12N2S/c1-14-5-4-9-2-3-10-7-12-13-8-11(10)6-9/h2-3,6-8H,4-5H2,1H3. The second-order valence-electron chi connectivity index (χ2n) is 3.20. The van der Waals surface area contributed by atoms with E-state index in [4.69, 9.17) is 0 Å². The van der Waals surface area contributed by atoms with Crippen LogP contribution in [0.1, 0.15) is 5.56 Å². The number of nitrogens with zero attached hydrogens (tertiary/aromatic N) is 2. The van der Waals surface area contributed by atoms with Crippen LogP contribution in [0.4, 0.5) is 0 Å². The molecular formula is C11H12N2S. The molecule has 0 unspecified atom stereocenters. The molecule has 72 valence electrons. The van der Waals surface area contributed by atoms with Crippen molar-refractivity contribution in [3.05, 3.63) is 36.2 Å². The van der Waals surface area contributed by atoms with E-state index in [-0.39, 0.29) is 0 Å². The van der Waals surface area contributed by atoms with Gasteiger partial charge in [-0.1, -0.05) is 12.1 Å². The first-order valence-electron chi connectivity index (χ1n) is 4.58. The molecule has 0 amide bonds. The number of aryl methyl sites for hydroxylation is 1. The van der Waals surface area contributed by atoms with Crippen molar-refractivity contribution in [2.75, 3.05) is 12.0 Å². The molecule has 0 spiro atoms. The monoisotopic (exact) mass is 204 g/mol. The summed E-state index contributed by atoms with van der Waals surface area (Å²) in [7, 11) is 0. The van der Waals surface area contributed by atoms with E-state index in [0.717, 1.165) is 11.8 Å². The Hall–Kier alpha value is -1.09. The number of fused-ring (bicyclic) bond motifs is 1. The lowest BCUT2D eigenvalue weighted by Gasteiger charge is -2.01. The zero-order chi connectivity index (χ0) is 9.80. The molecule has 1 heterocycles.